The topological polar surface area (TPSA) is 97.4 Å². The Morgan fingerprint density at radius 1 is 0.800 bits per heavy atom. The van der Waals surface area contributed by atoms with E-state index in [1.165, 1.54) is 20.8 Å². The van der Waals surface area contributed by atoms with Crippen molar-refractivity contribution in [1.82, 2.24) is 0 Å². The predicted molar refractivity (Wildman–Crippen MR) is 124 cm³/mol. The predicted octanol–water partition coefficient (Wildman–Crippen LogP) is 3.79. The van der Waals surface area contributed by atoms with Gasteiger partial charge in [0.15, 0.2) is 5.79 Å². The third-order valence-electron chi connectivity index (χ3n) is 10.2. The van der Waals surface area contributed by atoms with Crippen LogP contribution in [0.15, 0.2) is 0 Å². The summed E-state index contributed by atoms with van der Waals surface area (Å²) in [7, 11) is 0. The van der Waals surface area contributed by atoms with Crippen LogP contribution in [0.1, 0.15) is 79.6 Å². The lowest BCUT2D eigenvalue weighted by Gasteiger charge is -2.65. The second-order valence-corrected chi connectivity index (χ2v) is 12.1. The highest BCUT2D eigenvalue weighted by Gasteiger charge is 2.70. The van der Waals surface area contributed by atoms with Crippen molar-refractivity contribution in [1.29, 1.82) is 0 Å². The lowest BCUT2D eigenvalue weighted by atomic mass is 9.43. The van der Waals surface area contributed by atoms with Crippen molar-refractivity contribution in [2.24, 2.45) is 34.5 Å². The maximum Gasteiger partial charge on any atom is 0.303 e. The molecule has 9 atom stereocenters. The second-order valence-electron chi connectivity index (χ2n) is 12.1. The Hall–Kier alpha value is -1.67. The molecular formula is C27H40O8. The highest BCUT2D eigenvalue weighted by molar-refractivity contribution is 5.68. The van der Waals surface area contributed by atoms with E-state index in [9.17, 15) is 14.4 Å². The zero-order valence-electron chi connectivity index (χ0n) is 21.7. The molecular weight excluding hydrogens is 452 g/mol. The van der Waals surface area contributed by atoms with Crippen molar-refractivity contribution >= 4 is 17.9 Å². The Bertz CT molecular complexity index is 880. The van der Waals surface area contributed by atoms with Gasteiger partial charge in [0.1, 0.15) is 18.3 Å². The molecule has 5 fully saturated rings. The van der Waals surface area contributed by atoms with E-state index in [-0.39, 0.29) is 52.6 Å². The van der Waals surface area contributed by atoms with E-state index in [4.69, 9.17) is 23.7 Å². The van der Waals surface area contributed by atoms with Gasteiger partial charge in [0.05, 0.1) is 13.2 Å². The largest absolute Gasteiger partial charge is 0.462 e. The number of ether oxygens (including phenoxy) is 5. The SMILES string of the molecule is CC(=O)O[C@H]1[C@@H]2[C@H](C[C@H](OC(C)=O)[C@H]3CC4(CC[C@]23C)OCCO4)[C@@H]2CCC[C@]2(C)[C@@H]1OC(C)=O. The molecule has 0 bridgehead atoms. The first kappa shape index (κ1) is 25.0. The smallest absolute Gasteiger partial charge is 0.303 e. The third-order valence-corrected chi connectivity index (χ3v) is 10.2. The Balaban J connectivity index is 1.60. The number of carbonyl (C=O) groups is 3. The van der Waals surface area contributed by atoms with Crippen LogP contribution in [0.5, 0.6) is 0 Å². The number of fused-ring (bicyclic) bond motifs is 5. The van der Waals surface area contributed by atoms with Gasteiger partial charge >= 0.3 is 17.9 Å². The molecule has 196 valence electrons. The average molecular weight is 493 g/mol. The summed E-state index contributed by atoms with van der Waals surface area (Å²) in [6.45, 7) is 9.93. The molecule has 1 saturated heterocycles. The van der Waals surface area contributed by atoms with Gasteiger partial charge in [-0.05, 0) is 42.9 Å². The second kappa shape index (κ2) is 8.72. The first-order chi connectivity index (χ1) is 16.5. The molecule has 8 nitrogen and oxygen atoms in total. The lowest BCUT2D eigenvalue weighted by molar-refractivity contribution is -0.281. The van der Waals surface area contributed by atoms with E-state index in [1.807, 2.05) is 0 Å². The van der Waals surface area contributed by atoms with E-state index >= 15 is 0 Å². The molecule has 4 aliphatic carbocycles. The molecule has 8 heteroatoms. The van der Waals surface area contributed by atoms with E-state index in [0.29, 0.717) is 32.0 Å². The molecule has 0 aromatic rings. The molecule has 0 radical (unpaired) electrons. The first-order valence-corrected chi connectivity index (χ1v) is 13.3. The van der Waals surface area contributed by atoms with E-state index in [0.717, 1.165) is 32.1 Å². The minimum absolute atomic E-state index is 0.0116. The summed E-state index contributed by atoms with van der Waals surface area (Å²) in [4.78, 5) is 36.9. The van der Waals surface area contributed by atoms with Crippen LogP contribution in [-0.2, 0) is 38.1 Å². The van der Waals surface area contributed by atoms with Gasteiger partial charge in [0, 0.05) is 50.9 Å². The fourth-order valence-electron chi connectivity index (χ4n) is 9.03. The zero-order valence-corrected chi connectivity index (χ0v) is 21.7. The summed E-state index contributed by atoms with van der Waals surface area (Å²) in [5.41, 5.74) is -0.587. The summed E-state index contributed by atoms with van der Waals surface area (Å²) in [5.74, 6) is -1.14. The minimum Gasteiger partial charge on any atom is -0.462 e. The summed E-state index contributed by atoms with van der Waals surface area (Å²) in [6, 6.07) is 0. The Labute approximate surface area is 207 Å². The van der Waals surface area contributed by atoms with Crippen molar-refractivity contribution in [3.8, 4) is 0 Å². The highest BCUT2D eigenvalue weighted by atomic mass is 16.7. The maximum absolute atomic E-state index is 12.4. The molecule has 0 unspecified atom stereocenters. The van der Waals surface area contributed by atoms with Gasteiger partial charge in [0.2, 0.25) is 0 Å². The van der Waals surface area contributed by atoms with Crippen molar-refractivity contribution in [3.63, 3.8) is 0 Å². The molecule has 5 rings (SSSR count). The fraction of sp³-hybridized carbons (Fsp3) is 0.889. The summed E-state index contributed by atoms with van der Waals surface area (Å²) < 4.78 is 30.4. The summed E-state index contributed by atoms with van der Waals surface area (Å²) in [5, 5.41) is 0. The number of rotatable bonds is 3. The number of hydrogen-bond acceptors (Lipinski definition) is 8. The van der Waals surface area contributed by atoms with Gasteiger partial charge in [-0.25, -0.2) is 0 Å². The van der Waals surface area contributed by atoms with Crippen LogP contribution in [-0.4, -0.2) is 55.2 Å². The Morgan fingerprint density at radius 3 is 2.09 bits per heavy atom. The number of carbonyl (C=O) groups excluding carboxylic acids is 3. The maximum atomic E-state index is 12.4. The van der Waals surface area contributed by atoms with Gasteiger partial charge in [-0.15, -0.1) is 0 Å². The normalized spacial score (nSPS) is 45.7. The molecule has 4 saturated carbocycles. The summed E-state index contributed by atoms with van der Waals surface area (Å²) in [6.07, 6.45) is 4.60. The minimum atomic E-state index is -0.641. The third kappa shape index (κ3) is 3.99. The molecule has 0 N–H and O–H groups in total. The van der Waals surface area contributed by atoms with Gasteiger partial charge in [0.25, 0.3) is 0 Å². The molecule has 5 aliphatic rings. The zero-order chi connectivity index (χ0) is 25.2. The fourth-order valence-corrected chi connectivity index (χ4v) is 9.03. The molecule has 1 spiro atoms. The Morgan fingerprint density at radius 2 is 1.46 bits per heavy atom. The number of esters is 3. The van der Waals surface area contributed by atoms with Gasteiger partial charge in [-0.1, -0.05) is 20.3 Å². The van der Waals surface area contributed by atoms with Crippen molar-refractivity contribution in [2.75, 3.05) is 13.2 Å². The quantitative estimate of drug-likeness (QED) is 0.434. The van der Waals surface area contributed by atoms with Gasteiger partial charge in [-0.3, -0.25) is 14.4 Å². The van der Waals surface area contributed by atoms with Crippen LogP contribution >= 0.6 is 0 Å². The van der Waals surface area contributed by atoms with Gasteiger partial charge < -0.3 is 23.7 Å². The average Bonchev–Trinajstić information content (AvgIpc) is 3.38. The van der Waals surface area contributed by atoms with Crippen molar-refractivity contribution < 1.29 is 38.1 Å². The van der Waals surface area contributed by atoms with Crippen LogP contribution in [0.3, 0.4) is 0 Å². The molecule has 1 heterocycles. The van der Waals surface area contributed by atoms with Crippen molar-refractivity contribution in [2.45, 2.75) is 104 Å². The monoisotopic (exact) mass is 492 g/mol. The summed E-state index contributed by atoms with van der Waals surface area (Å²) >= 11 is 0. The van der Waals surface area contributed by atoms with E-state index in [1.54, 1.807) is 0 Å². The van der Waals surface area contributed by atoms with Crippen molar-refractivity contribution in [3.05, 3.63) is 0 Å². The number of hydrogen-bond donors (Lipinski definition) is 0. The molecule has 35 heavy (non-hydrogen) atoms. The van der Waals surface area contributed by atoms with E-state index < -0.39 is 18.0 Å². The Kier molecular flexibility index (Phi) is 6.23. The van der Waals surface area contributed by atoms with Crippen LogP contribution < -0.4 is 0 Å². The lowest BCUT2D eigenvalue weighted by Crippen LogP contribution is -2.68. The van der Waals surface area contributed by atoms with Crippen LogP contribution in [0, 0.1) is 34.5 Å². The van der Waals surface area contributed by atoms with Crippen LogP contribution in [0.25, 0.3) is 0 Å². The molecule has 0 aromatic heterocycles. The molecule has 1 aliphatic heterocycles. The standard InChI is InChI=1S/C27H40O8/c1-15(28)33-21-13-18-19-7-6-8-26(19,5)24(35-17(3)30)23(34-16(2)29)22(18)25(4)9-10-27(14-20(21)25)31-11-12-32-27/h18-24H,6-14H2,1-5H3/t18-,19+,20-,21+,22+,23+,24-,25+,26+/m1/s1. The molecule has 0 amide bonds. The van der Waals surface area contributed by atoms with Crippen LogP contribution in [0.4, 0.5) is 0 Å². The highest BCUT2D eigenvalue weighted by Crippen LogP contribution is 2.68. The van der Waals surface area contributed by atoms with Crippen LogP contribution in [0.2, 0.25) is 0 Å². The first-order valence-electron chi connectivity index (χ1n) is 13.3. The molecule has 0 aromatic carbocycles. The van der Waals surface area contributed by atoms with E-state index in [2.05, 4.69) is 13.8 Å². The van der Waals surface area contributed by atoms with Gasteiger partial charge in [-0.2, -0.15) is 0 Å².